The van der Waals surface area contributed by atoms with E-state index in [1.807, 2.05) is 60.7 Å². The lowest BCUT2D eigenvalue weighted by molar-refractivity contribution is -0.688. The first-order chi connectivity index (χ1) is 21.6. The van der Waals surface area contributed by atoms with E-state index in [9.17, 15) is 0 Å². The molecule has 3 nitrogen and oxygen atoms in total. The Morgan fingerprint density at radius 3 is 1.91 bits per heavy atom. The second-order valence-electron chi connectivity index (χ2n) is 12.0. The van der Waals surface area contributed by atoms with Gasteiger partial charge in [-0.05, 0) is 72.1 Å². The SMILES string of the molecule is C[C@H](c1ccccc1)n1cc[n+](Cc2cc3ccc2CCc2ccc(c(P(=O)(c4ccccc4)c4ccccc4)c2)CC3)c1. The van der Waals surface area contributed by atoms with Crippen LogP contribution in [0.15, 0.2) is 146 Å². The molecule has 10 rings (SSSR count). The van der Waals surface area contributed by atoms with Gasteiger partial charge in [0.25, 0.3) is 0 Å². The summed E-state index contributed by atoms with van der Waals surface area (Å²) in [5.41, 5.74) is 7.81. The van der Waals surface area contributed by atoms with Crippen molar-refractivity contribution in [2.75, 3.05) is 0 Å². The minimum atomic E-state index is -3.05. The molecule has 4 heteroatoms. The van der Waals surface area contributed by atoms with E-state index in [4.69, 9.17) is 0 Å². The predicted octanol–water partition coefficient (Wildman–Crippen LogP) is 6.96. The Balaban J connectivity index is 1.21. The highest BCUT2D eigenvalue weighted by atomic mass is 31.2. The summed E-state index contributed by atoms with van der Waals surface area (Å²) in [6, 6.07) is 44.9. The van der Waals surface area contributed by atoms with E-state index >= 15 is 4.57 Å². The molecule has 44 heavy (non-hydrogen) atoms. The smallest absolute Gasteiger partial charge is 0.244 e. The number of imidazole rings is 1. The molecule has 0 fully saturated rings. The molecule has 218 valence electrons. The maximum Gasteiger partial charge on any atom is 0.244 e. The highest BCUT2D eigenvalue weighted by molar-refractivity contribution is 7.85. The minimum absolute atomic E-state index is 0.278. The normalized spacial score (nSPS) is 13.8. The second-order valence-corrected chi connectivity index (χ2v) is 14.7. The molecule has 0 radical (unpaired) electrons. The molecule has 0 spiro atoms. The predicted molar refractivity (Wildman–Crippen MR) is 181 cm³/mol. The van der Waals surface area contributed by atoms with Crippen LogP contribution in [-0.2, 0) is 36.8 Å². The Morgan fingerprint density at radius 1 is 0.682 bits per heavy atom. The van der Waals surface area contributed by atoms with E-state index in [1.165, 1.54) is 33.4 Å². The number of rotatable bonds is 7. The Bertz CT molecular complexity index is 1890. The average Bonchev–Trinajstić information content (AvgIpc) is 3.55. The van der Waals surface area contributed by atoms with Crippen LogP contribution in [0.2, 0.25) is 0 Å². The summed E-state index contributed by atoms with van der Waals surface area (Å²) in [6.07, 6.45) is 10.2. The second kappa shape index (κ2) is 12.3. The standard InChI is InChI=1S/C40H38N2OP/c1-31(34-11-5-2-6-12-34)42-26-25-41(30-42)29-37-27-32-17-21-35(37)22-18-33-20-24-36(23-19-32)40(28-33)44(43,38-13-7-3-8-14-38)39-15-9-4-10-16-39/h2-17,20-21,24-28,30-31H,18-19,22-23,29H2,1H3/q+1/t31-/m1/s1. The fraction of sp³-hybridized carbons (Fsp3) is 0.175. The van der Waals surface area contributed by atoms with Crippen LogP contribution in [0.4, 0.5) is 0 Å². The van der Waals surface area contributed by atoms with Crippen LogP contribution < -0.4 is 20.5 Å². The van der Waals surface area contributed by atoms with Crippen molar-refractivity contribution in [3.05, 3.63) is 179 Å². The van der Waals surface area contributed by atoms with Gasteiger partial charge in [0, 0.05) is 15.9 Å². The van der Waals surface area contributed by atoms with Crippen molar-refractivity contribution in [2.24, 2.45) is 0 Å². The third kappa shape index (κ3) is 5.61. The van der Waals surface area contributed by atoms with E-state index in [2.05, 4.69) is 102 Å². The molecule has 1 aromatic heterocycles. The van der Waals surface area contributed by atoms with Gasteiger partial charge in [-0.2, -0.15) is 0 Å². The van der Waals surface area contributed by atoms with Gasteiger partial charge in [0.2, 0.25) is 6.33 Å². The van der Waals surface area contributed by atoms with Gasteiger partial charge in [0.05, 0.1) is 0 Å². The average molecular weight is 594 g/mol. The van der Waals surface area contributed by atoms with Gasteiger partial charge in [-0.25, -0.2) is 9.13 Å². The van der Waals surface area contributed by atoms with Gasteiger partial charge in [0.15, 0.2) is 7.14 Å². The lowest BCUT2D eigenvalue weighted by Gasteiger charge is -2.24. The molecule has 5 aromatic carbocycles. The largest absolute Gasteiger partial charge is 0.309 e. The third-order valence-electron chi connectivity index (χ3n) is 9.16. The van der Waals surface area contributed by atoms with E-state index < -0.39 is 7.14 Å². The maximum absolute atomic E-state index is 15.4. The van der Waals surface area contributed by atoms with E-state index in [1.54, 1.807) is 0 Å². The van der Waals surface area contributed by atoms with Gasteiger partial charge in [-0.15, -0.1) is 0 Å². The molecular weight excluding hydrogens is 555 g/mol. The van der Waals surface area contributed by atoms with Crippen molar-refractivity contribution < 1.29 is 9.13 Å². The van der Waals surface area contributed by atoms with Crippen molar-refractivity contribution in [3.8, 4) is 0 Å². The summed E-state index contributed by atoms with van der Waals surface area (Å²) in [4.78, 5) is 0. The molecule has 0 unspecified atom stereocenters. The number of hydrogen-bond donors (Lipinski definition) is 0. The van der Waals surface area contributed by atoms with Crippen LogP contribution in [0.3, 0.4) is 0 Å². The van der Waals surface area contributed by atoms with Crippen LogP contribution in [-0.4, -0.2) is 4.57 Å². The van der Waals surface area contributed by atoms with Gasteiger partial charge >= 0.3 is 0 Å². The van der Waals surface area contributed by atoms with E-state index in [-0.39, 0.29) is 6.04 Å². The minimum Gasteiger partial charge on any atom is -0.309 e. The highest BCUT2D eigenvalue weighted by Gasteiger charge is 2.32. The Kier molecular flexibility index (Phi) is 7.90. The topological polar surface area (TPSA) is 25.9 Å². The van der Waals surface area contributed by atoms with E-state index in [0.717, 1.165) is 48.1 Å². The molecule has 0 saturated heterocycles. The van der Waals surface area contributed by atoms with Crippen molar-refractivity contribution in [1.82, 2.24) is 4.57 Å². The quantitative estimate of drug-likeness (QED) is 0.145. The summed E-state index contributed by atoms with van der Waals surface area (Å²) in [6.45, 7) is 3.09. The van der Waals surface area contributed by atoms with Crippen LogP contribution in [0.5, 0.6) is 0 Å². The Hall–Kier alpha value is -4.46. The monoisotopic (exact) mass is 593 g/mol. The fourth-order valence-corrected chi connectivity index (χ4v) is 9.57. The zero-order chi connectivity index (χ0) is 29.9. The summed E-state index contributed by atoms with van der Waals surface area (Å²) < 4.78 is 19.9. The first-order valence-electron chi connectivity index (χ1n) is 15.6. The molecule has 0 amide bonds. The van der Waals surface area contributed by atoms with Crippen molar-refractivity contribution >= 4 is 23.1 Å². The molecule has 4 aliphatic rings. The third-order valence-corrected chi connectivity index (χ3v) is 12.3. The van der Waals surface area contributed by atoms with Crippen molar-refractivity contribution in [3.63, 3.8) is 0 Å². The number of benzene rings is 5. The van der Waals surface area contributed by atoms with Crippen LogP contribution in [0, 0.1) is 0 Å². The van der Waals surface area contributed by atoms with E-state index in [0.29, 0.717) is 0 Å². The molecular formula is C40H38N2OP+. The van der Waals surface area contributed by atoms with Crippen LogP contribution >= 0.6 is 7.14 Å². The number of aryl methyl sites for hydroxylation is 4. The summed E-state index contributed by atoms with van der Waals surface area (Å²) in [7, 11) is -3.05. The maximum atomic E-state index is 15.4. The highest BCUT2D eigenvalue weighted by Crippen LogP contribution is 2.44. The first-order valence-corrected chi connectivity index (χ1v) is 17.3. The fourth-order valence-electron chi connectivity index (χ4n) is 6.59. The van der Waals surface area contributed by atoms with Crippen molar-refractivity contribution in [1.29, 1.82) is 0 Å². The summed E-state index contributed by atoms with van der Waals surface area (Å²) in [5, 5.41) is 2.78. The van der Waals surface area contributed by atoms with Gasteiger partial charge in [-0.3, -0.25) is 0 Å². The van der Waals surface area contributed by atoms with Gasteiger partial charge in [0.1, 0.15) is 25.0 Å². The molecule has 0 N–H and O–H groups in total. The molecule has 0 saturated carbocycles. The zero-order valence-corrected chi connectivity index (χ0v) is 26.1. The summed E-state index contributed by atoms with van der Waals surface area (Å²) in [5.74, 6) is 0. The zero-order valence-electron chi connectivity index (χ0n) is 25.2. The van der Waals surface area contributed by atoms with Crippen LogP contribution in [0.1, 0.15) is 46.3 Å². The lowest BCUT2D eigenvalue weighted by Crippen LogP contribution is -2.32. The summed E-state index contributed by atoms with van der Waals surface area (Å²) >= 11 is 0. The first kappa shape index (κ1) is 28.3. The van der Waals surface area contributed by atoms with Gasteiger partial charge in [-0.1, -0.05) is 121 Å². The number of hydrogen-bond acceptors (Lipinski definition) is 1. The van der Waals surface area contributed by atoms with Crippen molar-refractivity contribution in [2.45, 2.75) is 45.2 Å². The molecule has 1 atom stereocenters. The van der Waals surface area contributed by atoms with Gasteiger partial charge < -0.3 is 4.57 Å². The Labute approximate surface area is 260 Å². The molecule has 6 aromatic rings. The molecule has 1 heterocycles. The molecule has 4 aliphatic carbocycles. The number of nitrogens with zero attached hydrogens (tertiary/aromatic N) is 2. The Morgan fingerprint density at radius 2 is 1.25 bits per heavy atom. The number of aromatic nitrogens is 2. The molecule has 0 aliphatic heterocycles. The lowest BCUT2D eigenvalue weighted by atomic mass is 9.93. The van der Waals surface area contributed by atoms with Crippen LogP contribution in [0.25, 0.3) is 0 Å². The molecule has 4 bridgehead atoms.